The van der Waals surface area contributed by atoms with Crippen LogP contribution < -0.4 is 11.3 Å². The smallest absolute Gasteiger partial charge is 0.406 e. The lowest BCUT2D eigenvalue weighted by Crippen LogP contribution is -2.50. The van der Waals surface area contributed by atoms with Gasteiger partial charge in [-0.05, 0) is 0 Å². The maximum absolute atomic E-state index is 8.95. The van der Waals surface area contributed by atoms with Crippen molar-refractivity contribution in [3.63, 3.8) is 0 Å². The number of nitrogens with two attached hydrogens (primary N) is 1. The Morgan fingerprint density at radius 3 is 2.76 bits per heavy atom. The largest absolute Gasteiger partial charge is 0.515 e. The van der Waals surface area contributed by atoms with Crippen molar-refractivity contribution in [2.75, 3.05) is 25.6 Å². The first-order valence-electron chi connectivity index (χ1n) is 5.69. The quantitative estimate of drug-likeness (QED) is 0.676. The van der Waals surface area contributed by atoms with Gasteiger partial charge in [0.15, 0.2) is 0 Å². The van der Waals surface area contributed by atoms with Crippen LogP contribution in [0.4, 0.5) is 5.69 Å². The molecule has 1 fully saturated rings. The molecule has 0 spiro atoms. The Balaban J connectivity index is 2.14. The molecule has 0 amide bonds. The minimum atomic E-state index is -0.489. The number of anilines is 1. The lowest BCUT2D eigenvalue weighted by atomic mass is 9.79. The number of aromatic nitrogens is 2. The molecular formula is C10H18BN3O3. The van der Waals surface area contributed by atoms with Gasteiger partial charge in [0.2, 0.25) is 0 Å². The minimum absolute atomic E-state index is 0.00628. The molecule has 0 bridgehead atoms. The van der Waals surface area contributed by atoms with Crippen LogP contribution in [0.15, 0.2) is 6.20 Å². The Hall–Kier alpha value is -1.05. The summed E-state index contributed by atoms with van der Waals surface area (Å²) < 4.78 is 12.9. The van der Waals surface area contributed by atoms with Crippen LogP contribution in [0.2, 0.25) is 0 Å². The van der Waals surface area contributed by atoms with E-state index in [1.165, 1.54) is 0 Å². The molecule has 1 aliphatic rings. The molecule has 1 aromatic heterocycles. The monoisotopic (exact) mass is 239 g/mol. The molecule has 0 radical (unpaired) electrons. The number of hydrogen-bond donors (Lipinski definition) is 2. The first-order chi connectivity index (χ1) is 8.03. The molecule has 0 unspecified atom stereocenters. The van der Waals surface area contributed by atoms with Crippen LogP contribution >= 0.6 is 0 Å². The van der Waals surface area contributed by atoms with Gasteiger partial charge in [-0.25, -0.2) is 0 Å². The van der Waals surface area contributed by atoms with Gasteiger partial charge in [0.25, 0.3) is 0 Å². The molecule has 0 aliphatic carbocycles. The molecule has 1 aliphatic heterocycles. The van der Waals surface area contributed by atoms with Gasteiger partial charge in [-0.2, -0.15) is 5.10 Å². The van der Waals surface area contributed by atoms with E-state index in [9.17, 15) is 0 Å². The average Bonchev–Trinajstić information content (AvgIpc) is 2.61. The third-order valence-electron chi connectivity index (χ3n) is 2.70. The van der Waals surface area contributed by atoms with Crippen molar-refractivity contribution in [1.82, 2.24) is 9.78 Å². The zero-order valence-electron chi connectivity index (χ0n) is 10.2. The number of hydrogen-bond acceptors (Lipinski definition) is 5. The van der Waals surface area contributed by atoms with Crippen LogP contribution in [-0.4, -0.2) is 41.8 Å². The summed E-state index contributed by atoms with van der Waals surface area (Å²) in [5.74, 6) is 0. The molecule has 0 atom stereocenters. The number of aliphatic hydroxyl groups excluding tert-OH is 1. The van der Waals surface area contributed by atoms with E-state index >= 15 is 0 Å². The average molecular weight is 239 g/mol. The molecule has 0 saturated carbocycles. The van der Waals surface area contributed by atoms with E-state index in [-0.39, 0.29) is 12.0 Å². The van der Waals surface area contributed by atoms with Gasteiger partial charge in [-0.15, -0.1) is 0 Å². The van der Waals surface area contributed by atoms with E-state index in [1.54, 1.807) is 10.9 Å². The van der Waals surface area contributed by atoms with Crippen LogP contribution in [0.5, 0.6) is 0 Å². The summed E-state index contributed by atoms with van der Waals surface area (Å²) in [6.07, 6.45) is 1.55. The zero-order chi connectivity index (χ0) is 12.5. The summed E-state index contributed by atoms with van der Waals surface area (Å²) in [7, 11) is -0.489. The van der Waals surface area contributed by atoms with Crippen molar-refractivity contribution in [2.24, 2.45) is 5.41 Å². The molecule has 17 heavy (non-hydrogen) atoms. The molecule has 2 heterocycles. The molecule has 2 rings (SSSR count). The van der Waals surface area contributed by atoms with Gasteiger partial charge in [0, 0.05) is 18.6 Å². The van der Waals surface area contributed by atoms with Crippen molar-refractivity contribution in [2.45, 2.75) is 20.4 Å². The standard InChI is InChI=1S/C10H18BN3O3/c1-10(2)6-16-11(17-7-10)9-8(12)5-13-14(9)3-4-15/h5,15H,3-4,6-7,12H2,1-2H3. The molecule has 0 aromatic carbocycles. The van der Waals surface area contributed by atoms with Crippen LogP contribution in [0.3, 0.4) is 0 Å². The zero-order valence-corrected chi connectivity index (χ0v) is 10.2. The Kier molecular flexibility index (Phi) is 3.41. The van der Waals surface area contributed by atoms with Gasteiger partial charge in [-0.3, -0.25) is 4.68 Å². The highest BCUT2D eigenvalue weighted by molar-refractivity contribution is 6.62. The Morgan fingerprint density at radius 2 is 2.18 bits per heavy atom. The number of aliphatic hydroxyl groups is 1. The topological polar surface area (TPSA) is 82.5 Å². The Labute approximate surface area is 101 Å². The molecule has 7 heteroatoms. The highest BCUT2D eigenvalue weighted by Gasteiger charge is 2.37. The second kappa shape index (κ2) is 4.68. The Bertz CT molecular complexity index is 384. The summed E-state index contributed by atoms with van der Waals surface area (Å²) in [6, 6.07) is 0. The maximum Gasteiger partial charge on any atom is 0.515 e. The summed E-state index contributed by atoms with van der Waals surface area (Å²) in [4.78, 5) is 0. The first-order valence-corrected chi connectivity index (χ1v) is 5.69. The third-order valence-corrected chi connectivity index (χ3v) is 2.70. The van der Waals surface area contributed by atoms with Gasteiger partial charge in [0.05, 0.1) is 30.6 Å². The molecule has 94 valence electrons. The van der Waals surface area contributed by atoms with E-state index in [2.05, 4.69) is 18.9 Å². The summed E-state index contributed by atoms with van der Waals surface area (Å²) >= 11 is 0. The second-order valence-corrected chi connectivity index (χ2v) is 5.05. The predicted octanol–water partition coefficient (Wildman–Crippen LogP) is -0.774. The fourth-order valence-electron chi connectivity index (χ4n) is 1.79. The van der Waals surface area contributed by atoms with Crippen LogP contribution in [0.25, 0.3) is 0 Å². The minimum Gasteiger partial charge on any atom is -0.406 e. The fourth-order valence-corrected chi connectivity index (χ4v) is 1.79. The molecule has 1 aromatic rings. The first kappa shape index (κ1) is 12.4. The number of nitrogens with zero attached hydrogens (tertiary/aromatic N) is 2. The number of rotatable bonds is 3. The van der Waals surface area contributed by atoms with Gasteiger partial charge in [-0.1, -0.05) is 13.8 Å². The fraction of sp³-hybridized carbons (Fsp3) is 0.700. The van der Waals surface area contributed by atoms with Gasteiger partial charge >= 0.3 is 7.12 Å². The predicted molar refractivity (Wildman–Crippen MR) is 64.8 cm³/mol. The van der Waals surface area contributed by atoms with Crippen LogP contribution in [0.1, 0.15) is 13.8 Å². The highest BCUT2D eigenvalue weighted by atomic mass is 16.6. The van der Waals surface area contributed by atoms with Crippen molar-refractivity contribution in [3.8, 4) is 0 Å². The van der Waals surface area contributed by atoms with Crippen LogP contribution in [0, 0.1) is 5.41 Å². The van der Waals surface area contributed by atoms with E-state index < -0.39 is 7.12 Å². The second-order valence-electron chi connectivity index (χ2n) is 5.05. The van der Waals surface area contributed by atoms with E-state index in [0.717, 1.165) is 0 Å². The SMILES string of the molecule is CC1(C)COB(c2c(N)cnn2CCO)OC1. The van der Waals surface area contributed by atoms with E-state index in [0.29, 0.717) is 31.0 Å². The van der Waals surface area contributed by atoms with Crippen molar-refractivity contribution < 1.29 is 14.4 Å². The highest BCUT2D eigenvalue weighted by Crippen LogP contribution is 2.21. The molecule has 1 saturated heterocycles. The van der Waals surface area contributed by atoms with Crippen molar-refractivity contribution >= 4 is 18.4 Å². The summed E-state index contributed by atoms with van der Waals surface area (Å²) in [5.41, 5.74) is 7.09. The number of nitrogen functional groups attached to an aromatic ring is 1. The lowest BCUT2D eigenvalue weighted by molar-refractivity contribution is 0.0336. The van der Waals surface area contributed by atoms with Crippen molar-refractivity contribution in [1.29, 1.82) is 0 Å². The van der Waals surface area contributed by atoms with Gasteiger partial charge < -0.3 is 20.1 Å². The molecule has 6 nitrogen and oxygen atoms in total. The van der Waals surface area contributed by atoms with E-state index in [4.69, 9.17) is 20.1 Å². The lowest BCUT2D eigenvalue weighted by Gasteiger charge is -2.33. The normalized spacial score (nSPS) is 19.6. The summed E-state index contributed by atoms with van der Waals surface area (Å²) in [6.45, 7) is 5.78. The third kappa shape index (κ3) is 2.62. The van der Waals surface area contributed by atoms with Crippen LogP contribution in [-0.2, 0) is 15.9 Å². The molecule has 3 N–H and O–H groups in total. The Morgan fingerprint density at radius 1 is 1.53 bits per heavy atom. The summed E-state index contributed by atoms with van der Waals surface area (Å²) in [5, 5.41) is 13.0. The maximum atomic E-state index is 8.95. The van der Waals surface area contributed by atoms with Gasteiger partial charge in [0.1, 0.15) is 0 Å². The molecular weight excluding hydrogens is 221 g/mol. The van der Waals surface area contributed by atoms with Crippen molar-refractivity contribution in [3.05, 3.63) is 6.20 Å². The van der Waals surface area contributed by atoms with E-state index in [1.807, 2.05) is 0 Å².